The molecule has 2 rings (SSSR count). The molecule has 0 fully saturated rings. The van der Waals surface area contributed by atoms with Gasteiger partial charge in [-0.05, 0) is 43.9 Å². The molecule has 0 amide bonds. The number of sulfonamides is 1. The van der Waals surface area contributed by atoms with Crippen LogP contribution in [-0.2, 0) is 10.0 Å². The van der Waals surface area contributed by atoms with Crippen molar-refractivity contribution in [2.45, 2.75) is 30.6 Å². The number of halogens is 1. The Labute approximate surface area is 112 Å². The molecule has 0 aliphatic heterocycles. The number of anilines is 1. The molecule has 19 heavy (non-hydrogen) atoms. The van der Waals surface area contributed by atoms with Crippen molar-refractivity contribution in [3.05, 3.63) is 35.7 Å². The van der Waals surface area contributed by atoms with E-state index in [9.17, 15) is 12.8 Å². The van der Waals surface area contributed by atoms with Gasteiger partial charge in [0.1, 0.15) is 10.7 Å². The molecule has 0 saturated heterocycles. The minimum absolute atomic E-state index is 0.0500. The summed E-state index contributed by atoms with van der Waals surface area (Å²) >= 11 is 0. The van der Waals surface area contributed by atoms with Crippen molar-refractivity contribution >= 4 is 15.7 Å². The van der Waals surface area contributed by atoms with Gasteiger partial charge in [0.05, 0.1) is 5.69 Å². The number of benzene rings is 1. The van der Waals surface area contributed by atoms with Crippen LogP contribution < -0.4 is 10.5 Å². The van der Waals surface area contributed by atoms with E-state index in [1.807, 2.05) is 0 Å². The molecule has 0 atom stereocenters. The number of rotatable bonds is 5. The maximum atomic E-state index is 13.1. The Morgan fingerprint density at radius 1 is 1.37 bits per heavy atom. The molecule has 1 aliphatic rings. The van der Waals surface area contributed by atoms with Gasteiger partial charge >= 0.3 is 0 Å². The average molecular weight is 284 g/mol. The summed E-state index contributed by atoms with van der Waals surface area (Å²) in [5.41, 5.74) is 6.90. The van der Waals surface area contributed by atoms with Crippen molar-refractivity contribution in [2.24, 2.45) is 0 Å². The molecular weight excluding hydrogens is 267 g/mol. The van der Waals surface area contributed by atoms with Gasteiger partial charge in [0.15, 0.2) is 0 Å². The van der Waals surface area contributed by atoms with Crippen LogP contribution in [0.1, 0.15) is 25.7 Å². The first-order valence-electron chi connectivity index (χ1n) is 6.21. The van der Waals surface area contributed by atoms with E-state index < -0.39 is 15.8 Å². The smallest absolute Gasteiger partial charge is 0.242 e. The zero-order chi connectivity index (χ0) is 13.9. The molecule has 0 unspecified atom stereocenters. The van der Waals surface area contributed by atoms with E-state index in [0.717, 1.165) is 31.4 Å². The number of hydrogen-bond donors (Lipinski definition) is 2. The number of nitrogens with two attached hydrogens (primary N) is 1. The maximum Gasteiger partial charge on any atom is 0.242 e. The molecular formula is C13H17FN2O2S. The zero-order valence-electron chi connectivity index (χ0n) is 10.5. The molecule has 0 saturated carbocycles. The van der Waals surface area contributed by atoms with E-state index >= 15 is 0 Å². The van der Waals surface area contributed by atoms with Crippen LogP contribution in [0, 0.1) is 5.82 Å². The summed E-state index contributed by atoms with van der Waals surface area (Å²) in [6.45, 7) is 0.310. The van der Waals surface area contributed by atoms with Gasteiger partial charge in [-0.15, -0.1) is 0 Å². The SMILES string of the molecule is Nc1ccc(F)cc1S(=O)(=O)NCCC1=CCCC1. The molecule has 0 radical (unpaired) electrons. The van der Waals surface area contributed by atoms with Crippen molar-refractivity contribution in [1.29, 1.82) is 0 Å². The standard InChI is InChI=1S/C13H17FN2O2S/c14-11-5-6-12(15)13(9-11)19(17,18)16-8-7-10-3-1-2-4-10/h3,5-6,9,16H,1-2,4,7-8,15H2. The van der Waals surface area contributed by atoms with Crippen LogP contribution in [0.5, 0.6) is 0 Å². The molecule has 1 aromatic carbocycles. The first-order chi connectivity index (χ1) is 8.99. The fourth-order valence-electron chi connectivity index (χ4n) is 2.13. The van der Waals surface area contributed by atoms with E-state index in [-0.39, 0.29) is 10.6 Å². The summed E-state index contributed by atoms with van der Waals surface area (Å²) < 4.78 is 39.5. The maximum absolute atomic E-state index is 13.1. The van der Waals surface area contributed by atoms with E-state index in [4.69, 9.17) is 5.73 Å². The summed E-state index contributed by atoms with van der Waals surface area (Å²) in [5, 5.41) is 0. The Balaban J connectivity index is 2.03. The second-order valence-corrected chi connectivity index (χ2v) is 6.32. The third-order valence-electron chi connectivity index (χ3n) is 3.14. The van der Waals surface area contributed by atoms with Crippen LogP contribution >= 0.6 is 0 Å². The van der Waals surface area contributed by atoms with Gasteiger partial charge in [-0.3, -0.25) is 0 Å². The van der Waals surface area contributed by atoms with Gasteiger partial charge in [0.25, 0.3) is 0 Å². The molecule has 6 heteroatoms. The predicted molar refractivity (Wildman–Crippen MR) is 72.6 cm³/mol. The third kappa shape index (κ3) is 3.54. The van der Waals surface area contributed by atoms with E-state index in [1.165, 1.54) is 11.6 Å². The van der Waals surface area contributed by atoms with Crippen molar-refractivity contribution in [3.63, 3.8) is 0 Å². The molecule has 104 valence electrons. The van der Waals surface area contributed by atoms with Gasteiger partial charge in [-0.1, -0.05) is 11.6 Å². The van der Waals surface area contributed by atoms with Crippen LogP contribution in [0.4, 0.5) is 10.1 Å². The highest BCUT2D eigenvalue weighted by atomic mass is 32.2. The minimum atomic E-state index is -3.75. The highest BCUT2D eigenvalue weighted by molar-refractivity contribution is 7.89. The van der Waals surface area contributed by atoms with Crippen molar-refractivity contribution < 1.29 is 12.8 Å². The Hall–Kier alpha value is -1.40. The summed E-state index contributed by atoms with van der Waals surface area (Å²) in [7, 11) is -3.75. The lowest BCUT2D eigenvalue weighted by Gasteiger charge is -2.09. The highest BCUT2D eigenvalue weighted by Gasteiger charge is 2.18. The molecule has 1 aliphatic carbocycles. The summed E-state index contributed by atoms with van der Waals surface area (Å²) in [5.74, 6) is -0.618. The lowest BCUT2D eigenvalue weighted by atomic mass is 10.2. The van der Waals surface area contributed by atoms with Gasteiger partial charge in [0, 0.05) is 6.54 Å². The Morgan fingerprint density at radius 3 is 2.84 bits per heavy atom. The van der Waals surface area contributed by atoms with Crippen molar-refractivity contribution in [3.8, 4) is 0 Å². The zero-order valence-corrected chi connectivity index (χ0v) is 11.3. The lowest BCUT2D eigenvalue weighted by molar-refractivity contribution is 0.578. The average Bonchev–Trinajstić information content (AvgIpc) is 2.85. The minimum Gasteiger partial charge on any atom is -0.398 e. The summed E-state index contributed by atoms with van der Waals surface area (Å²) in [6, 6.07) is 3.33. The number of allylic oxidation sites excluding steroid dienone is 1. The molecule has 0 bridgehead atoms. The molecule has 0 spiro atoms. The fourth-order valence-corrected chi connectivity index (χ4v) is 3.30. The van der Waals surface area contributed by atoms with Crippen LogP contribution in [-0.4, -0.2) is 15.0 Å². The second-order valence-electron chi connectivity index (χ2n) is 4.58. The quantitative estimate of drug-likeness (QED) is 0.643. The van der Waals surface area contributed by atoms with Crippen LogP contribution in [0.25, 0.3) is 0 Å². The van der Waals surface area contributed by atoms with Gasteiger partial charge in [0.2, 0.25) is 10.0 Å². The molecule has 0 aromatic heterocycles. The second kappa shape index (κ2) is 5.71. The lowest BCUT2D eigenvalue weighted by Crippen LogP contribution is -2.26. The Bertz CT molecular complexity index is 597. The summed E-state index contributed by atoms with van der Waals surface area (Å²) in [4.78, 5) is -0.201. The predicted octanol–water partition coefficient (Wildman–Crippen LogP) is 2.19. The van der Waals surface area contributed by atoms with Crippen LogP contribution in [0.3, 0.4) is 0 Å². The highest BCUT2D eigenvalue weighted by Crippen LogP contribution is 2.21. The third-order valence-corrected chi connectivity index (χ3v) is 4.66. The Morgan fingerprint density at radius 2 is 2.16 bits per heavy atom. The molecule has 0 heterocycles. The van der Waals surface area contributed by atoms with Crippen molar-refractivity contribution in [2.75, 3.05) is 12.3 Å². The van der Waals surface area contributed by atoms with E-state index in [0.29, 0.717) is 13.0 Å². The van der Waals surface area contributed by atoms with E-state index in [1.54, 1.807) is 0 Å². The fraction of sp³-hybridized carbons (Fsp3) is 0.385. The topological polar surface area (TPSA) is 72.2 Å². The first-order valence-corrected chi connectivity index (χ1v) is 7.70. The van der Waals surface area contributed by atoms with E-state index in [2.05, 4.69) is 10.8 Å². The van der Waals surface area contributed by atoms with Gasteiger partial charge in [-0.25, -0.2) is 17.5 Å². The first kappa shape index (κ1) is 14.0. The molecule has 1 aromatic rings. The largest absolute Gasteiger partial charge is 0.398 e. The normalized spacial score (nSPS) is 15.5. The summed E-state index contributed by atoms with van der Waals surface area (Å²) in [6.07, 6.45) is 6.07. The number of hydrogen-bond acceptors (Lipinski definition) is 3. The van der Waals surface area contributed by atoms with Crippen molar-refractivity contribution in [1.82, 2.24) is 4.72 Å². The number of nitrogens with one attached hydrogen (secondary N) is 1. The van der Waals surface area contributed by atoms with Crippen LogP contribution in [0.2, 0.25) is 0 Å². The van der Waals surface area contributed by atoms with Gasteiger partial charge in [-0.2, -0.15) is 0 Å². The van der Waals surface area contributed by atoms with Crippen LogP contribution in [0.15, 0.2) is 34.7 Å². The molecule has 3 N–H and O–H groups in total. The monoisotopic (exact) mass is 284 g/mol. The number of nitrogen functional groups attached to an aromatic ring is 1. The Kier molecular flexibility index (Phi) is 4.21. The molecule has 4 nitrogen and oxygen atoms in total. The van der Waals surface area contributed by atoms with Gasteiger partial charge < -0.3 is 5.73 Å².